The molecule has 1 N–H and O–H groups in total. The molecule has 3 aromatic rings. The van der Waals surface area contributed by atoms with Crippen molar-refractivity contribution >= 4 is 39.1 Å². The van der Waals surface area contributed by atoms with Crippen LogP contribution in [0.4, 0.5) is 5.69 Å². The summed E-state index contributed by atoms with van der Waals surface area (Å²) in [6, 6.07) is 18.2. The van der Waals surface area contributed by atoms with Crippen LogP contribution in [-0.4, -0.2) is 58.0 Å². The Morgan fingerprint density at radius 2 is 1.55 bits per heavy atom. The molecule has 0 radical (unpaired) electrons. The normalized spacial score (nSPS) is 12.0. The number of carbonyl (C=O) groups is 2. The zero-order valence-electron chi connectivity index (χ0n) is 23.1. The van der Waals surface area contributed by atoms with Crippen LogP contribution in [0.15, 0.2) is 77.7 Å². The van der Waals surface area contributed by atoms with Gasteiger partial charge in [0.05, 0.1) is 24.8 Å². The first-order chi connectivity index (χ1) is 19.0. The highest BCUT2D eigenvalue weighted by atomic mass is 35.5. The van der Waals surface area contributed by atoms with Crippen LogP contribution >= 0.6 is 11.6 Å². The van der Waals surface area contributed by atoms with Crippen LogP contribution in [0.1, 0.15) is 26.3 Å². The van der Waals surface area contributed by atoms with E-state index in [-0.39, 0.29) is 29.1 Å². The van der Waals surface area contributed by atoms with Crippen LogP contribution in [-0.2, 0) is 26.2 Å². The summed E-state index contributed by atoms with van der Waals surface area (Å²) in [7, 11) is -1.21. The third-order valence-corrected chi connectivity index (χ3v) is 8.13. The second-order valence-corrected chi connectivity index (χ2v) is 11.7. The van der Waals surface area contributed by atoms with Gasteiger partial charge in [0.25, 0.3) is 10.0 Å². The fraction of sp³-hybridized carbons (Fsp3) is 0.310. The van der Waals surface area contributed by atoms with Crippen LogP contribution < -0.4 is 19.1 Å². The van der Waals surface area contributed by atoms with Gasteiger partial charge < -0.3 is 19.7 Å². The lowest BCUT2D eigenvalue weighted by molar-refractivity contribution is -0.139. The fourth-order valence-electron chi connectivity index (χ4n) is 3.99. The highest BCUT2D eigenvalue weighted by Gasteiger charge is 2.33. The molecule has 0 spiro atoms. The van der Waals surface area contributed by atoms with Gasteiger partial charge >= 0.3 is 0 Å². The predicted molar refractivity (Wildman–Crippen MR) is 155 cm³/mol. The van der Waals surface area contributed by atoms with Crippen molar-refractivity contribution in [1.82, 2.24) is 10.2 Å². The van der Waals surface area contributed by atoms with Crippen LogP contribution in [0.5, 0.6) is 11.5 Å². The second kappa shape index (κ2) is 13.5. The lowest BCUT2D eigenvalue weighted by atomic mass is 10.1. The minimum absolute atomic E-state index is 0.0361. The van der Waals surface area contributed by atoms with E-state index in [4.69, 9.17) is 21.1 Å². The highest BCUT2D eigenvalue weighted by Crippen LogP contribution is 2.28. The Morgan fingerprint density at radius 1 is 0.900 bits per heavy atom. The number of hydrogen-bond acceptors (Lipinski definition) is 6. The van der Waals surface area contributed by atoms with Crippen LogP contribution in [0, 0.1) is 0 Å². The summed E-state index contributed by atoms with van der Waals surface area (Å²) < 4.78 is 39.2. The molecule has 0 saturated carbocycles. The quantitative estimate of drug-likeness (QED) is 0.335. The molecule has 0 aliphatic heterocycles. The van der Waals surface area contributed by atoms with E-state index >= 15 is 0 Å². The second-order valence-electron chi connectivity index (χ2n) is 9.38. The standard InChI is InChI=1S/C29H34ClN3O6S/c1-20(2)31-29(35)21(3)32(18-22-8-6-11-26(16-22)39-5)28(34)19-33(24-10-7-9-23(30)17-24)40(36,37)27-14-12-25(38-4)13-15-27/h6-17,20-21H,18-19H2,1-5H3,(H,31,35). The van der Waals surface area contributed by atoms with E-state index in [0.717, 1.165) is 4.31 Å². The Bertz CT molecular complexity index is 1430. The van der Waals surface area contributed by atoms with Gasteiger partial charge in [0.2, 0.25) is 11.8 Å². The molecule has 1 atom stereocenters. The van der Waals surface area contributed by atoms with Crippen molar-refractivity contribution in [2.75, 3.05) is 25.1 Å². The van der Waals surface area contributed by atoms with Gasteiger partial charge in [-0.1, -0.05) is 29.8 Å². The third kappa shape index (κ3) is 7.67. The van der Waals surface area contributed by atoms with E-state index < -0.39 is 28.5 Å². The Morgan fingerprint density at radius 3 is 2.15 bits per heavy atom. The fourth-order valence-corrected chi connectivity index (χ4v) is 5.58. The van der Waals surface area contributed by atoms with Crippen molar-refractivity contribution < 1.29 is 27.5 Å². The number of nitrogens with one attached hydrogen (secondary N) is 1. The maximum atomic E-state index is 13.9. The van der Waals surface area contributed by atoms with Gasteiger partial charge in [0, 0.05) is 17.6 Å². The number of nitrogens with zero attached hydrogens (tertiary/aromatic N) is 2. The largest absolute Gasteiger partial charge is 0.497 e. The molecule has 0 saturated heterocycles. The summed E-state index contributed by atoms with van der Waals surface area (Å²) in [5, 5.41) is 3.13. The molecule has 0 aromatic heterocycles. The predicted octanol–water partition coefficient (Wildman–Crippen LogP) is 4.49. The molecule has 3 aromatic carbocycles. The van der Waals surface area contributed by atoms with Crippen molar-refractivity contribution in [2.45, 2.75) is 44.3 Å². The van der Waals surface area contributed by atoms with Crippen LogP contribution in [0.25, 0.3) is 0 Å². The van der Waals surface area contributed by atoms with Crippen LogP contribution in [0.2, 0.25) is 5.02 Å². The van der Waals surface area contributed by atoms with E-state index in [1.807, 2.05) is 13.8 Å². The SMILES string of the molecule is COc1ccc(S(=O)(=O)N(CC(=O)N(Cc2cccc(OC)c2)C(C)C(=O)NC(C)C)c2cccc(Cl)c2)cc1. The van der Waals surface area contributed by atoms with E-state index in [1.54, 1.807) is 49.4 Å². The summed E-state index contributed by atoms with van der Waals surface area (Å²) in [5.74, 6) is 0.135. The average Bonchev–Trinajstić information content (AvgIpc) is 2.93. The minimum Gasteiger partial charge on any atom is -0.497 e. The van der Waals surface area contributed by atoms with Gasteiger partial charge in [0.15, 0.2) is 0 Å². The molecule has 40 heavy (non-hydrogen) atoms. The molecule has 0 bridgehead atoms. The summed E-state index contributed by atoms with van der Waals surface area (Å²) in [5.41, 5.74) is 0.918. The van der Waals surface area contributed by atoms with Gasteiger partial charge in [-0.25, -0.2) is 8.42 Å². The van der Waals surface area contributed by atoms with Crippen molar-refractivity contribution in [3.05, 3.63) is 83.4 Å². The minimum atomic E-state index is -4.22. The Kier molecular flexibility index (Phi) is 10.4. The number of amides is 2. The van der Waals surface area contributed by atoms with E-state index in [1.165, 1.54) is 49.5 Å². The van der Waals surface area contributed by atoms with Crippen molar-refractivity contribution in [3.8, 4) is 11.5 Å². The van der Waals surface area contributed by atoms with Crippen LogP contribution in [0.3, 0.4) is 0 Å². The lowest BCUT2D eigenvalue weighted by Crippen LogP contribution is -2.52. The number of methoxy groups -OCH3 is 2. The Balaban J connectivity index is 2.04. The highest BCUT2D eigenvalue weighted by molar-refractivity contribution is 7.92. The molecule has 0 fully saturated rings. The van der Waals surface area contributed by atoms with Gasteiger partial charge in [0.1, 0.15) is 24.1 Å². The first-order valence-electron chi connectivity index (χ1n) is 12.6. The number of rotatable bonds is 12. The summed E-state index contributed by atoms with van der Waals surface area (Å²) in [6.07, 6.45) is 0. The maximum absolute atomic E-state index is 13.9. The molecule has 9 nitrogen and oxygen atoms in total. The smallest absolute Gasteiger partial charge is 0.264 e. The topological polar surface area (TPSA) is 105 Å². The van der Waals surface area contributed by atoms with Gasteiger partial charge in [-0.05, 0) is 80.9 Å². The number of sulfonamides is 1. The Labute approximate surface area is 240 Å². The maximum Gasteiger partial charge on any atom is 0.264 e. The Hall–Kier alpha value is -3.76. The zero-order valence-corrected chi connectivity index (χ0v) is 24.7. The number of carbonyl (C=O) groups excluding carboxylic acids is 2. The zero-order chi connectivity index (χ0) is 29.4. The molecule has 0 heterocycles. The molecular formula is C29H34ClN3O6S. The van der Waals surface area contributed by atoms with Gasteiger partial charge in [-0.3, -0.25) is 13.9 Å². The number of benzene rings is 3. The van der Waals surface area contributed by atoms with E-state index in [2.05, 4.69) is 5.32 Å². The van der Waals surface area contributed by atoms with Crippen molar-refractivity contribution in [3.63, 3.8) is 0 Å². The number of halogens is 1. The molecule has 2 amide bonds. The van der Waals surface area contributed by atoms with Gasteiger partial charge in [-0.2, -0.15) is 0 Å². The summed E-state index contributed by atoms with van der Waals surface area (Å²) in [6.45, 7) is 4.73. The summed E-state index contributed by atoms with van der Waals surface area (Å²) >= 11 is 6.20. The lowest BCUT2D eigenvalue weighted by Gasteiger charge is -2.32. The molecule has 0 aliphatic carbocycles. The summed E-state index contributed by atoms with van der Waals surface area (Å²) in [4.78, 5) is 28.3. The third-order valence-electron chi connectivity index (χ3n) is 6.11. The van der Waals surface area contributed by atoms with Crippen molar-refractivity contribution in [1.29, 1.82) is 0 Å². The van der Waals surface area contributed by atoms with Crippen molar-refractivity contribution in [2.24, 2.45) is 0 Å². The molecule has 214 valence electrons. The molecular weight excluding hydrogens is 554 g/mol. The average molecular weight is 588 g/mol. The number of anilines is 1. The number of ether oxygens (including phenoxy) is 2. The van der Waals surface area contributed by atoms with E-state index in [0.29, 0.717) is 22.1 Å². The van der Waals surface area contributed by atoms with E-state index in [9.17, 15) is 18.0 Å². The molecule has 1 unspecified atom stereocenters. The first kappa shape index (κ1) is 30.8. The molecule has 3 rings (SSSR count). The molecule has 11 heteroatoms. The monoisotopic (exact) mass is 587 g/mol. The first-order valence-corrected chi connectivity index (χ1v) is 14.4. The number of hydrogen-bond donors (Lipinski definition) is 1. The van der Waals surface area contributed by atoms with Gasteiger partial charge in [-0.15, -0.1) is 0 Å². The molecule has 0 aliphatic rings.